The second kappa shape index (κ2) is 10.3. The van der Waals surface area contributed by atoms with Gasteiger partial charge in [0.15, 0.2) is 0 Å². The fourth-order valence-electron chi connectivity index (χ4n) is 5.13. The highest BCUT2D eigenvalue weighted by molar-refractivity contribution is 9.10. The summed E-state index contributed by atoms with van der Waals surface area (Å²) in [4.78, 5) is 6.86. The number of benzene rings is 4. The van der Waals surface area contributed by atoms with Crippen molar-refractivity contribution < 1.29 is 5.11 Å². The number of aliphatic hydroxyl groups is 1. The Hall–Kier alpha value is -2.76. The zero-order valence-electron chi connectivity index (χ0n) is 20.3. The van der Waals surface area contributed by atoms with Crippen LogP contribution in [0, 0.1) is 0 Å². The minimum atomic E-state index is -1.25. The maximum Gasteiger partial charge on any atom is 0.133 e. The molecule has 2 atom stereocenters. The van der Waals surface area contributed by atoms with Crippen LogP contribution in [0.25, 0.3) is 21.7 Å². The predicted molar refractivity (Wildman–Crippen MR) is 154 cm³/mol. The van der Waals surface area contributed by atoms with Crippen molar-refractivity contribution in [1.29, 1.82) is 0 Å². The third-order valence-corrected chi connectivity index (χ3v) is 7.67. The van der Waals surface area contributed by atoms with E-state index < -0.39 is 11.5 Å². The van der Waals surface area contributed by atoms with Crippen molar-refractivity contribution in [3.05, 3.63) is 123 Å². The van der Waals surface area contributed by atoms with Gasteiger partial charge in [-0.3, -0.25) is 0 Å². The number of pyridine rings is 1. The number of nitrogens with zero attached hydrogens (tertiary/aromatic N) is 2. The lowest BCUT2D eigenvalue weighted by Crippen LogP contribution is -2.38. The first-order chi connectivity index (χ1) is 17.4. The van der Waals surface area contributed by atoms with Crippen LogP contribution in [0.15, 0.2) is 102 Å². The number of fused-ring (bicyclic) bond motifs is 2. The highest BCUT2D eigenvalue weighted by Gasteiger charge is 2.42. The number of aromatic nitrogens is 1. The van der Waals surface area contributed by atoms with E-state index in [0.29, 0.717) is 18.1 Å². The van der Waals surface area contributed by atoms with Crippen LogP contribution in [0.5, 0.6) is 0 Å². The number of rotatable bonds is 7. The van der Waals surface area contributed by atoms with Crippen molar-refractivity contribution in [1.82, 2.24) is 9.88 Å². The fourth-order valence-corrected chi connectivity index (χ4v) is 5.77. The van der Waals surface area contributed by atoms with E-state index >= 15 is 0 Å². The average Bonchev–Trinajstić information content (AvgIpc) is 2.88. The monoisotopic (exact) mass is 558 g/mol. The minimum absolute atomic E-state index is 0.405. The van der Waals surface area contributed by atoms with Gasteiger partial charge < -0.3 is 10.0 Å². The molecule has 0 aliphatic carbocycles. The molecule has 0 bridgehead atoms. The lowest BCUT2D eigenvalue weighted by Gasteiger charge is -2.39. The summed E-state index contributed by atoms with van der Waals surface area (Å²) < 4.78 is 0.971. The quantitative estimate of drug-likeness (QED) is 0.207. The van der Waals surface area contributed by atoms with Gasteiger partial charge in [0.2, 0.25) is 0 Å². The number of hydrogen-bond acceptors (Lipinski definition) is 3. The van der Waals surface area contributed by atoms with Crippen LogP contribution >= 0.6 is 27.5 Å². The van der Waals surface area contributed by atoms with E-state index in [2.05, 4.69) is 57.2 Å². The van der Waals surface area contributed by atoms with Gasteiger partial charge in [-0.2, -0.15) is 0 Å². The molecule has 3 nitrogen and oxygen atoms in total. The second-order valence-electron chi connectivity index (χ2n) is 9.55. The highest BCUT2D eigenvalue weighted by atomic mass is 79.9. The lowest BCUT2D eigenvalue weighted by molar-refractivity contribution is 0.00586. The van der Waals surface area contributed by atoms with Crippen molar-refractivity contribution >= 4 is 49.2 Å². The molecule has 0 radical (unpaired) electrons. The van der Waals surface area contributed by atoms with E-state index in [1.54, 1.807) is 0 Å². The fraction of sp³-hybridized carbons (Fsp3) is 0.194. The molecule has 0 saturated heterocycles. The number of halogens is 2. The Balaban J connectivity index is 1.82. The van der Waals surface area contributed by atoms with E-state index in [-0.39, 0.29) is 0 Å². The molecule has 0 fully saturated rings. The Morgan fingerprint density at radius 2 is 1.61 bits per heavy atom. The molecule has 1 heterocycles. The zero-order valence-corrected chi connectivity index (χ0v) is 22.7. The zero-order chi connectivity index (χ0) is 25.3. The maximum atomic E-state index is 12.9. The van der Waals surface area contributed by atoms with Crippen LogP contribution in [0.4, 0.5) is 0 Å². The molecular formula is C31H28BrClN2O. The van der Waals surface area contributed by atoms with Gasteiger partial charge in [-0.25, -0.2) is 4.98 Å². The summed E-state index contributed by atoms with van der Waals surface area (Å²) in [5, 5.41) is 16.4. The summed E-state index contributed by atoms with van der Waals surface area (Å²) in [5.74, 6) is -0.437. The molecule has 0 spiro atoms. The highest BCUT2D eigenvalue weighted by Crippen LogP contribution is 2.48. The van der Waals surface area contributed by atoms with Crippen LogP contribution in [-0.2, 0) is 5.60 Å². The molecule has 0 aliphatic heterocycles. The van der Waals surface area contributed by atoms with Crippen molar-refractivity contribution in [2.75, 3.05) is 20.6 Å². The maximum absolute atomic E-state index is 12.9. The Kier molecular flexibility index (Phi) is 7.14. The van der Waals surface area contributed by atoms with Crippen molar-refractivity contribution in [3.63, 3.8) is 0 Å². The summed E-state index contributed by atoms with van der Waals surface area (Å²) >= 11 is 10.5. The van der Waals surface area contributed by atoms with Gasteiger partial charge in [0, 0.05) is 27.9 Å². The van der Waals surface area contributed by atoms with Gasteiger partial charge >= 0.3 is 0 Å². The summed E-state index contributed by atoms with van der Waals surface area (Å²) in [7, 11) is 4.06. The predicted octanol–water partition coefficient (Wildman–Crippen LogP) is 7.78. The first kappa shape index (κ1) is 24.9. The Morgan fingerprint density at radius 1 is 0.889 bits per heavy atom. The SMILES string of the molecule is CN(C)CCC(O)(c1cccc2ccccc12)C(c1ccccc1)c1cc2cc(Br)ccc2nc1Cl. The molecule has 1 N–H and O–H groups in total. The van der Waals surface area contributed by atoms with Gasteiger partial charge in [-0.05, 0) is 66.7 Å². The van der Waals surface area contributed by atoms with Gasteiger partial charge in [0.25, 0.3) is 0 Å². The minimum Gasteiger partial charge on any atom is -0.384 e. The second-order valence-corrected chi connectivity index (χ2v) is 10.8. The van der Waals surface area contributed by atoms with E-state index in [1.807, 2.05) is 74.8 Å². The van der Waals surface area contributed by atoms with Gasteiger partial charge in [-0.15, -0.1) is 0 Å². The van der Waals surface area contributed by atoms with Crippen LogP contribution < -0.4 is 0 Å². The van der Waals surface area contributed by atoms with E-state index in [9.17, 15) is 5.11 Å². The summed E-state index contributed by atoms with van der Waals surface area (Å²) in [5.41, 5.74) is 2.26. The van der Waals surface area contributed by atoms with Crippen molar-refractivity contribution in [2.24, 2.45) is 0 Å². The Bertz CT molecular complexity index is 1520. The molecule has 5 rings (SSSR count). The molecule has 182 valence electrons. The van der Waals surface area contributed by atoms with E-state index in [0.717, 1.165) is 42.8 Å². The third kappa shape index (κ3) is 4.79. The topological polar surface area (TPSA) is 36.4 Å². The third-order valence-electron chi connectivity index (χ3n) is 6.88. The van der Waals surface area contributed by atoms with E-state index in [1.165, 1.54) is 0 Å². The Labute approximate surface area is 225 Å². The molecule has 0 amide bonds. The first-order valence-electron chi connectivity index (χ1n) is 12.0. The molecule has 5 aromatic rings. The summed E-state index contributed by atoms with van der Waals surface area (Å²) in [6.45, 7) is 0.702. The van der Waals surface area contributed by atoms with Crippen LogP contribution in [-0.4, -0.2) is 35.6 Å². The van der Waals surface area contributed by atoms with Crippen molar-refractivity contribution in [2.45, 2.75) is 17.9 Å². The van der Waals surface area contributed by atoms with Gasteiger partial charge in [-0.1, -0.05) is 100 Å². The largest absolute Gasteiger partial charge is 0.384 e. The first-order valence-corrected chi connectivity index (χ1v) is 13.2. The number of hydrogen-bond donors (Lipinski definition) is 1. The van der Waals surface area contributed by atoms with Crippen molar-refractivity contribution in [3.8, 4) is 0 Å². The average molecular weight is 560 g/mol. The van der Waals surface area contributed by atoms with Gasteiger partial charge in [0.1, 0.15) is 10.8 Å². The normalized spacial score (nSPS) is 14.3. The molecule has 1 aromatic heterocycles. The van der Waals surface area contributed by atoms with Crippen LogP contribution in [0.2, 0.25) is 5.15 Å². The van der Waals surface area contributed by atoms with Crippen LogP contribution in [0.3, 0.4) is 0 Å². The lowest BCUT2D eigenvalue weighted by atomic mass is 9.71. The van der Waals surface area contributed by atoms with Gasteiger partial charge in [0.05, 0.1) is 5.52 Å². The summed E-state index contributed by atoms with van der Waals surface area (Å²) in [6, 6.07) is 32.6. The molecular weight excluding hydrogens is 532 g/mol. The van der Waals surface area contributed by atoms with Crippen LogP contribution in [0.1, 0.15) is 29.0 Å². The molecule has 36 heavy (non-hydrogen) atoms. The Morgan fingerprint density at radius 3 is 2.39 bits per heavy atom. The smallest absolute Gasteiger partial charge is 0.133 e. The molecule has 5 heteroatoms. The molecule has 0 aliphatic rings. The van der Waals surface area contributed by atoms with E-state index in [4.69, 9.17) is 16.6 Å². The standard InChI is InChI=1S/C31H28BrClN2O/c1-35(2)18-17-31(36,27-14-8-12-21-9-6-7-13-25(21)27)29(22-10-4-3-5-11-22)26-20-23-19-24(32)15-16-28(23)34-30(26)33/h3-16,19-20,29,36H,17-18H2,1-2H3. The molecule has 4 aromatic carbocycles. The molecule has 2 unspecified atom stereocenters. The summed E-state index contributed by atoms with van der Waals surface area (Å²) in [6.07, 6.45) is 0.514. The molecule has 0 saturated carbocycles.